The molecule has 0 unspecified atom stereocenters. The highest BCUT2D eigenvalue weighted by Gasteiger charge is 2.33. The molecule has 3 aromatic carbocycles. The van der Waals surface area contributed by atoms with Crippen molar-refractivity contribution in [3.63, 3.8) is 0 Å². The van der Waals surface area contributed by atoms with E-state index in [-0.39, 0.29) is 17.3 Å². The minimum absolute atomic E-state index is 0.0468. The summed E-state index contributed by atoms with van der Waals surface area (Å²) in [6.07, 6.45) is 0.752. The van der Waals surface area contributed by atoms with E-state index in [9.17, 15) is 18.0 Å². The van der Waals surface area contributed by atoms with Crippen LogP contribution in [0, 0.1) is 6.92 Å². The lowest BCUT2D eigenvalue weighted by molar-refractivity contribution is -0.139. The van der Waals surface area contributed by atoms with Gasteiger partial charge in [-0.1, -0.05) is 73.1 Å². The lowest BCUT2D eigenvalue weighted by Gasteiger charge is -2.32. The number of halogens is 1. The van der Waals surface area contributed by atoms with Gasteiger partial charge < -0.3 is 10.2 Å². The van der Waals surface area contributed by atoms with Crippen LogP contribution in [0.5, 0.6) is 0 Å². The minimum atomic E-state index is -4.13. The molecule has 0 aliphatic heterocycles. The third kappa shape index (κ3) is 7.11. The minimum Gasteiger partial charge on any atom is -0.354 e. The summed E-state index contributed by atoms with van der Waals surface area (Å²) in [5.74, 6) is -0.815. The van der Waals surface area contributed by atoms with Crippen molar-refractivity contribution in [2.45, 2.75) is 44.7 Å². The Balaban J connectivity index is 2.04. The molecule has 0 bridgehead atoms. The predicted octanol–water partition coefficient (Wildman–Crippen LogP) is 4.79. The molecule has 2 amide bonds. The summed E-state index contributed by atoms with van der Waals surface area (Å²) < 4.78 is 28.7. The van der Waals surface area contributed by atoms with Gasteiger partial charge in [-0.15, -0.1) is 0 Å². The highest BCUT2D eigenvalue weighted by molar-refractivity contribution is 7.92. The van der Waals surface area contributed by atoms with Crippen LogP contribution in [0.4, 0.5) is 5.69 Å². The average molecular weight is 542 g/mol. The van der Waals surface area contributed by atoms with E-state index in [4.69, 9.17) is 11.6 Å². The number of carbonyl (C=O) groups is 2. The van der Waals surface area contributed by atoms with Crippen LogP contribution < -0.4 is 9.62 Å². The van der Waals surface area contributed by atoms with E-state index in [2.05, 4.69) is 5.32 Å². The van der Waals surface area contributed by atoms with Gasteiger partial charge in [0.05, 0.1) is 10.6 Å². The summed E-state index contributed by atoms with van der Waals surface area (Å²) in [6.45, 7) is 5.47. The molecule has 0 spiro atoms. The fourth-order valence-corrected chi connectivity index (χ4v) is 5.50. The van der Waals surface area contributed by atoms with Crippen molar-refractivity contribution >= 4 is 39.1 Å². The van der Waals surface area contributed by atoms with Crippen LogP contribution in [0.25, 0.3) is 0 Å². The molecular weight excluding hydrogens is 510 g/mol. The number of carbonyl (C=O) groups excluding carboxylic acids is 2. The van der Waals surface area contributed by atoms with Crippen LogP contribution in [0.2, 0.25) is 5.02 Å². The lowest BCUT2D eigenvalue weighted by atomic mass is 10.1. The van der Waals surface area contributed by atoms with Gasteiger partial charge in [0.15, 0.2) is 0 Å². The van der Waals surface area contributed by atoms with Crippen LogP contribution in [0.3, 0.4) is 0 Å². The maximum Gasteiger partial charge on any atom is 0.264 e. The lowest BCUT2D eigenvalue weighted by Crippen LogP contribution is -2.51. The van der Waals surface area contributed by atoms with Crippen LogP contribution >= 0.6 is 11.6 Å². The van der Waals surface area contributed by atoms with Gasteiger partial charge in [-0.05, 0) is 55.7 Å². The van der Waals surface area contributed by atoms with Gasteiger partial charge >= 0.3 is 0 Å². The number of hydrogen-bond acceptors (Lipinski definition) is 4. The Morgan fingerprint density at radius 3 is 2.22 bits per heavy atom. The quantitative estimate of drug-likeness (QED) is 0.378. The van der Waals surface area contributed by atoms with E-state index in [1.165, 1.54) is 23.1 Å². The summed E-state index contributed by atoms with van der Waals surface area (Å²) in [4.78, 5) is 28.1. The summed E-state index contributed by atoms with van der Waals surface area (Å²) in [5.41, 5.74) is 1.76. The van der Waals surface area contributed by atoms with Crippen molar-refractivity contribution in [3.8, 4) is 0 Å². The van der Waals surface area contributed by atoms with Gasteiger partial charge in [-0.3, -0.25) is 13.9 Å². The fourth-order valence-electron chi connectivity index (χ4n) is 3.84. The third-order valence-electron chi connectivity index (χ3n) is 5.96. The Morgan fingerprint density at radius 2 is 1.59 bits per heavy atom. The Kier molecular flexibility index (Phi) is 9.72. The molecule has 1 N–H and O–H groups in total. The molecule has 0 aliphatic rings. The number of nitrogens with zero attached hydrogens (tertiary/aromatic N) is 2. The number of aryl methyl sites for hydroxylation is 1. The second kappa shape index (κ2) is 12.7. The fraction of sp³-hybridized carbons (Fsp3) is 0.286. The van der Waals surface area contributed by atoms with Crippen molar-refractivity contribution in [2.75, 3.05) is 17.4 Å². The molecule has 0 aliphatic carbocycles. The molecule has 1 atom stereocenters. The molecule has 3 aromatic rings. The summed E-state index contributed by atoms with van der Waals surface area (Å²) >= 11 is 6.23. The highest BCUT2D eigenvalue weighted by atomic mass is 35.5. The Bertz CT molecular complexity index is 1320. The SMILES string of the molecule is CCCNC(=O)[C@@H](C)N(Cc1ccccc1)C(=O)CN(c1cc(Cl)ccc1C)S(=O)(=O)c1ccccc1. The number of nitrogens with one attached hydrogen (secondary N) is 1. The van der Waals surface area contributed by atoms with Crippen molar-refractivity contribution in [2.24, 2.45) is 0 Å². The Morgan fingerprint density at radius 1 is 0.973 bits per heavy atom. The van der Waals surface area contributed by atoms with Gasteiger partial charge in [0.2, 0.25) is 11.8 Å². The maximum absolute atomic E-state index is 13.8. The zero-order valence-corrected chi connectivity index (χ0v) is 22.8. The molecule has 0 aromatic heterocycles. The van der Waals surface area contributed by atoms with Crippen molar-refractivity contribution in [1.29, 1.82) is 0 Å². The molecule has 9 heteroatoms. The van der Waals surface area contributed by atoms with E-state index in [1.807, 2.05) is 37.3 Å². The molecule has 37 heavy (non-hydrogen) atoms. The van der Waals surface area contributed by atoms with Crippen molar-refractivity contribution in [3.05, 3.63) is 95.0 Å². The standard InChI is InChI=1S/C28H32ClN3O4S/c1-4-17-30-28(34)22(3)31(19-23-11-7-5-8-12-23)27(33)20-32(26-18-24(29)16-15-21(26)2)37(35,36)25-13-9-6-10-14-25/h5-16,18,22H,4,17,19-20H2,1-3H3,(H,30,34)/t22-/m1/s1. The summed E-state index contributed by atoms with van der Waals surface area (Å²) in [6, 6.07) is 21.3. The zero-order chi connectivity index (χ0) is 27.0. The molecule has 3 rings (SSSR count). The number of anilines is 1. The van der Waals surface area contributed by atoms with E-state index in [1.54, 1.807) is 44.2 Å². The largest absolute Gasteiger partial charge is 0.354 e. The first-order chi connectivity index (χ1) is 17.6. The van der Waals surface area contributed by atoms with Gasteiger partial charge in [0.1, 0.15) is 12.6 Å². The number of benzene rings is 3. The van der Waals surface area contributed by atoms with Crippen molar-refractivity contribution in [1.82, 2.24) is 10.2 Å². The van der Waals surface area contributed by atoms with E-state index >= 15 is 0 Å². The predicted molar refractivity (Wildman–Crippen MR) is 147 cm³/mol. The second-order valence-corrected chi connectivity index (χ2v) is 11.0. The van der Waals surface area contributed by atoms with E-state index in [0.29, 0.717) is 22.8 Å². The number of rotatable bonds is 11. The second-order valence-electron chi connectivity index (χ2n) is 8.73. The first-order valence-electron chi connectivity index (χ1n) is 12.1. The molecule has 0 heterocycles. The van der Waals surface area contributed by atoms with Gasteiger partial charge in [0, 0.05) is 18.1 Å². The number of sulfonamides is 1. The molecule has 0 fully saturated rings. The van der Waals surface area contributed by atoms with Crippen LogP contribution in [0.15, 0.2) is 83.8 Å². The molecule has 0 radical (unpaired) electrons. The molecule has 7 nitrogen and oxygen atoms in total. The third-order valence-corrected chi connectivity index (χ3v) is 7.97. The van der Waals surface area contributed by atoms with Crippen LogP contribution in [-0.2, 0) is 26.2 Å². The first-order valence-corrected chi connectivity index (χ1v) is 13.9. The molecule has 0 saturated heterocycles. The molecular formula is C28H32ClN3O4S. The van der Waals surface area contributed by atoms with Crippen LogP contribution in [-0.4, -0.2) is 44.3 Å². The van der Waals surface area contributed by atoms with Crippen molar-refractivity contribution < 1.29 is 18.0 Å². The number of amides is 2. The smallest absolute Gasteiger partial charge is 0.264 e. The molecule has 0 saturated carbocycles. The number of hydrogen-bond donors (Lipinski definition) is 1. The van der Waals surface area contributed by atoms with E-state index in [0.717, 1.165) is 16.3 Å². The molecule has 196 valence electrons. The zero-order valence-electron chi connectivity index (χ0n) is 21.2. The average Bonchev–Trinajstić information content (AvgIpc) is 2.91. The summed E-state index contributed by atoms with van der Waals surface area (Å²) in [5, 5.41) is 3.17. The monoisotopic (exact) mass is 541 g/mol. The van der Waals surface area contributed by atoms with Gasteiger partial charge in [-0.2, -0.15) is 0 Å². The van der Waals surface area contributed by atoms with E-state index < -0.39 is 28.5 Å². The van der Waals surface area contributed by atoms with Gasteiger partial charge in [0.25, 0.3) is 10.0 Å². The highest BCUT2D eigenvalue weighted by Crippen LogP contribution is 2.30. The first kappa shape index (κ1) is 28.2. The Labute approximate surface area is 224 Å². The van der Waals surface area contributed by atoms with Crippen LogP contribution in [0.1, 0.15) is 31.4 Å². The topological polar surface area (TPSA) is 86.8 Å². The normalized spacial score (nSPS) is 12.0. The van der Waals surface area contributed by atoms with Gasteiger partial charge in [-0.25, -0.2) is 8.42 Å². The Hall–Kier alpha value is -3.36. The maximum atomic E-state index is 13.8. The summed E-state index contributed by atoms with van der Waals surface area (Å²) in [7, 11) is -4.13.